The number of nitrogens with one attached hydrogen (secondary N) is 3. The molecule has 1 aliphatic carbocycles. The third-order valence-electron chi connectivity index (χ3n) is 14.6. The molecule has 5 heterocycles. The molecule has 4 atom stereocenters. The molecular weight excluding hydrogens is 811 g/mol. The summed E-state index contributed by atoms with van der Waals surface area (Å²) in [5.74, 6) is 1.16. The summed E-state index contributed by atoms with van der Waals surface area (Å²) in [6.45, 7) is 5.52. The molecule has 1 unspecified atom stereocenters. The van der Waals surface area contributed by atoms with Gasteiger partial charge >= 0.3 is 6.09 Å². The lowest BCUT2D eigenvalue weighted by molar-refractivity contribution is -0.135. The van der Waals surface area contributed by atoms with Crippen LogP contribution < -0.4 is 15.1 Å². The largest absolute Gasteiger partial charge is 0.453 e. The number of piperidine rings is 1. The summed E-state index contributed by atoms with van der Waals surface area (Å²) in [7, 11) is 1.29. The van der Waals surface area contributed by atoms with Crippen LogP contribution in [0.1, 0.15) is 136 Å². The number of aromatic nitrogens is 4. The number of nitrogens with zero attached hydrogens (tertiary/aromatic N) is 5. The van der Waals surface area contributed by atoms with Crippen LogP contribution in [0, 0.1) is 17.6 Å². The van der Waals surface area contributed by atoms with Gasteiger partial charge in [0.25, 0.3) is 0 Å². The zero-order valence-corrected chi connectivity index (χ0v) is 37.0. The molecule has 2 aromatic heterocycles. The van der Waals surface area contributed by atoms with Crippen molar-refractivity contribution in [3.05, 3.63) is 119 Å². The third-order valence-corrected chi connectivity index (χ3v) is 14.6. The van der Waals surface area contributed by atoms with Crippen molar-refractivity contribution in [3.63, 3.8) is 0 Å². The van der Waals surface area contributed by atoms with Crippen LogP contribution >= 0.6 is 0 Å². The fourth-order valence-electron chi connectivity index (χ4n) is 11.2. The van der Waals surface area contributed by atoms with E-state index in [9.17, 15) is 9.59 Å². The van der Waals surface area contributed by atoms with Crippen molar-refractivity contribution >= 4 is 45.4 Å². The number of likely N-dealkylation sites (tertiary alicyclic amines) is 1. The maximum absolute atomic E-state index is 16.6. The number of halogens is 2. The number of ether oxygens (including phenoxy) is 1. The Kier molecular flexibility index (Phi) is 11.5. The summed E-state index contributed by atoms with van der Waals surface area (Å²) in [6, 6.07) is 24.7. The molecule has 0 bridgehead atoms. The van der Waals surface area contributed by atoms with Crippen molar-refractivity contribution < 1.29 is 23.1 Å². The number of hydrogen-bond donors (Lipinski definition) is 3. The van der Waals surface area contributed by atoms with Gasteiger partial charge in [-0.05, 0) is 116 Å². The minimum Gasteiger partial charge on any atom is -0.453 e. The van der Waals surface area contributed by atoms with Crippen LogP contribution in [-0.4, -0.2) is 69.6 Å². The molecule has 1 saturated carbocycles. The van der Waals surface area contributed by atoms with Crippen molar-refractivity contribution in [2.24, 2.45) is 5.92 Å². The zero-order valence-electron chi connectivity index (χ0n) is 37.0. The van der Waals surface area contributed by atoms with Gasteiger partial charge in [0.1, 0.15) is 23.4 Å². The molecule has 334 valence electrons. The van der Waals surface area contributed by atoms with Crippen LogP contribution in [0.25, 0.3) is 22.1 Å². The normalized spacial score (nSPS) is 21.5. The van der Waals surface area contributed by atoms with E-state index in [1.807, 2.05) is 35.8 Å². The number of anilines is 2. The van der Waals surface area contributed by atoms with E-state index in [1.165, 1.54) is 37.6 Å². The molecule has 4 fully saturated rings. The molecule has 3 saturated heterocycles. The van der Waals surface area contributed by atoms with E-state index in [-0.39, 0.29) is 35.6 Å². The molecule has 64 heavy (non-hydrogen) atoms. The van der Waals surface area contributed by atoms with E-state index in [0.717, 1.165) is 90.4 Å². The lowest BCUT2D eigenvalue weighted by atomic mass is 9.89. The SMILES string of the molecule is COC(=O)N[C@H](C(=O)N1CCCC1c1nc2ccc([C@H]3CC[C@H](c4ccc5nc(C6CCCC6)[nH]c5c4)N3c3cc(F)c(N4CCC(c5ccccc5)CC4)c(F)c3)cc2[nH]1)C(C)C. The fraction of sp³-hybridized carbons (Fsp3) is 0.451. The van der Waals surface area contributed by atoms with Gasteiger partial charge in [0.15, 0.2) is 11.6 Å². The number of amides is 2. The molecule has 10 rings (SSSR count). The Balaban J connectivity index is 0.967. The zero-order chi connectivity index (χ0) is 44.1. The highest BCUT2D eigenvalue weighted by Gasteiger charge is 2.40. The van der Waals surface area contributed by atoms with Crippen molar-refractivity contribution in [1.82, 2.24) is 30.2 Å². The van der Waals surface area contributed by atoms with E-state index < -0.39 is 23.8 Å². The molecule has 6 aromatic rings. The summed E-state index contributed by atoms with van der Waals surface area (Å²) in [5, 5.41) is 2.73. The molecule has 4 aliphatic rings. The second-order valence-electron chi connectivity index (χ2n) is 18.8. The average Bonchev–Trinajstić information content (AvgIpc) is 4.17. The number of methoxy groups -OCH3 is 1. The topological polar surface area (TPSA) is 122 Å². The predicted octanol–water partition coefficient (Wildman–Crippen LogP) is 10.9. The molecule has 4 aromatic carbocycles. The van der Waals surface area contributed by atoms with Crippen molar-refractivity contribution in [1.29, 1.82) is 0 Å². The van der Waals surface area contributed by atoms with Crippen LogP contribution in [0.15, 0.2) is 78.9 Å². The maximum Gasteiger partial charge on any atom is 0.407 e. The van der Waals surface area contributed by atoms with Crippen molar-refractivity contribution in [2.75, 3.05) is 36.5 Å². The van der Waals surface area contributed by atoms with E-state index in [0.29, 0.717) is 43.0 Å². The Morgan fingerprint density at radius 2 is 1.30 bits per heavy atom. The number of alkyl carbamates (subject to hydrolysis) is 1. The smallest absolute Gasteiger partial charge is 0.407 e. The van der Waals surface area contributed by atoms with E-state index in [2.05, 4.69) is 74.8 Å². The van der Waals surface area contributed by atoms with Crippen LogP contribution in [0.4, 0.5) is 25.0 Å². The average molecular weight is 869 g/mol. The number of fused-ring (bicyclic) bond motifs is 2. The van der Waals surface area contributed by atoms with Gasteiger partial charge in [-0.25, -0.2) is 23.5 Å². The Hall–Kier alpha value is -5.98. The lowest BCUT2D eigenvalue weighted by Crippen LogP contribution is -2.51. The summed E-state index contributed by atoms with van der Waals surface area (Å²) < 4.78 is 38.1. The van der Waals surface area contributed by atoms with Gasteiger partial charge in [0, 0.05) is 31.2 Å². The third kappa shape index (κ3) is 7.95. The second-order valence-corrected chi connectivity index (χ2v) is 18.8. The first kappa shape index (κ1) is 42.0. The lowest BCUT2D eigenvalue weighted by Gasteiger charge is -2.36. The van der Waals surface area contributed by atoms with Crippen LogP contribution in [0.2, 0.25) is 0 Å². The molecule has 11 nitrogen and oxygen atoms in total. The summed E-state index contributed by atoms with van der Waals surface area (Å²) in [4.78, 5) is 49.1. The number of carbonyl (C=O) groups is 2. The summed E-state index contributed by atoms with van der Waals surface area (Å²) in [5.41, 5.74) is 7.43. The predicted molar refractivity (Wildman–Crippen MR) is 245 cm³/mol. The van der Waals surface area contributed by atoms with Gasteiger partial charge in [-0.2, -0.15) is 0 Å². The van der Waals surface area contributed by atoms with E-state index in [1.54, 1.807) is 0 Å². The maximum atomic E-state index is 16.6. The molecule has 0 radical (unpaired) electrons. The van der Waals surface area contributed by atoms with Gasteiger partial charge < -0.3 is 34.7 Å². The van der Waals surface area contributed by atoms with Crippen molar-refractivity contribution in [2.45, 2.75) is 114 Å². The number of rotatable bonds is 10. The highest BCUT2D eigenvalue weighted by atomic mass is 19.1. The summed E-state index contributed by atoms with van der Waals surface area (Å²) >= 11 is 0. The molecule has 2 amide bonds. The Bertz CT molecular complexity index is 2630. The highest BCUT2D eigenvalue weighted by Crippen LogP contribution is 2.49. The van der Waals surface area contributed by atoms with Gasteiger partial charge in [-0.3, -0.25) is 4.79 Å². The van der Waals surface area contributed by atoms with Crippen LogP contribution in [0.5, 0.6) is 0 Å². The minimum atomic E-state index is -0.732. The highest BCUT2D eigenvalue weighted by molar-refractivity contribution is 5.86. The van der Waals surface area contributed by atoms with Gasteiger partial charge in [-0.15, -0.1) is 0 Å². The number of H-pyrrole nitrogens is 2. The minimum absolute atomic E-state index is 0.0486. The van der Waals surface area contributed by atoms with Crippen molar-refractivity contribution in [3.8, 4) is 0 Å². The standard InChI is InChI=1S/C51H58F2N8O3/c1-30(2)46(58-51(63)64-3)50(62)60-23-9-14-45(60)49-55-40-18-16-35(27-42(40)57-49)44-20-19-43(34-15-17-39-41(26-34)56-48(54-39)33-12-7-8-13-33)61(44)36-28-37(52)47(38(53)29-36)59-24-21-32(22-25-59)31-10-5-4-6-11-31/h4-6,10-11,15-18,26-30,32-33,43-46H,7-9,12-14,19-25H2,1-3H3,(H,54,56)(H,55,57)(H,58,63)/t43-,44-,45?,46+/m1/s1. The number of benzene rings is 4. The van der Waals surface area contributed by atoms with Crippen LogP contribution in [-0.2, 0) is 9.53 Å². The Morgan fingerprint density at radius 3 is 1.91 bits per heavy atom. The number of carbonyl (C=O) groups excluding carboxylic acids is 2. The van der Waals surface area contributed by atoms with Gasteiger partial charge in [-0.1, -0.05) is 69.2 Å². The van der Waals surface area contributed by atoms with Gasteiger partial charge in [0.2, 0.25) is 5.91 Å². The number of imidazole rings is 2. The molecule has 3 N–H and O–H groups in total. The molecule has 0 spiro atoms. The monoisotopic (exact) mass is 868 g/mol. The first-order valence-electron chi connectivity index (χ1n) is 23.3. The second kappa shape index (κ2) is 17.5. The van der Waals surface area contributed by atoms with Gasteiger partial charge in [0.05, 0.1) is 47.3 Å². The van der Waals surface area contributed by atoms with Crippen LogP contribution in [0.3, 0.4) is 0 Å². The number of aromatic amines is 2. The Labute approximate surface area is 373 Å². The summed E-state index contributed by atoms with van der Waals surface area (Å²) in [6.07, 6.45) is 8.85. The fourth-order valence-corrected chi connectivity index (χ4v) is 11.2. The first-order chi connectivity index (χ1) is 31.1. The Morgan fingerprint density at radius 1 is 0.688 bits per heavy atom. The van der Waals surface area contributed by atoms with E-state index >= 15 is 8.78 Å². The molecule has 3 aliphatic heterocycles. The quantitative estimate of drug-likeness (QED) is 0.125. The molecular formula is C51H58F2N8O3. The van der Waals surface area contributed by atoms with E-state index in [4.69, 9.17) is 14.7 Å². The number of hydrogen-bond acceptors (Lipinski definition) is 7. The molecule has 13 heteroatoms. The first-order valence-corrected chi connectivity index (χ1v) is 23.3.